The molecule has 2 aromatic heterocycles. The standard InChI is InChI=1S/C26H26N6O4/c1-25(2,3)36-24(34)32-14-26(4,15-33)18-12-16(11-17(13-27)21(18)32)19-8-10-29-23(30-19)31-20-7-6-9-28-22(20)35-5/h6-12,15H,14H2,1-5H3,(H,29,30,31). The molecule has 0 saturated heterocycles. The largest absolute Gasteiger partial charge is 0.480 e. The van der Waals surface area contributed by atoms with Gasteiger partial charge in [0.25, 0.3) is 0 Å². The maximum Gasteiger partial charge on any atom is 0.414 e. The molecule has 184 valence electrons. The van der Waals surface area contributed by atoms with E-state index in [4.69, 9.17) is 9.47 Å². The lowest BCUT2D eigenvalue weighted by molar-refractivity contribution is -0.111. The Morgan fingerprint density at radius 3 is 2.69 bits per heavy atom. The first-order valence-corrected chi connectivity index (χ1v) is 11.2. The Hall–Kier alpha value is -4.52. The van der Waals surface area contributed by atoms with Gasteiger partial charge < -0.3 is 19.6 Å². The first kappa shape index (κ1) is 24.6. The normalized spacial score (nSPS) is 16.6. The van der Waals surface area contributed by atoms with Crippen molar-refractivity contribution in [3.8, 4) is 23.2 Å². The number of methoxy groups -OCH3 is 1. The first-order valence-electron chi connectivity index (χ1n) is 11.2. The molecule has 1 aromatic carbocycles. The van der Waals surface area contributed by atoms with Crippen molar-refractivity contribution in [1.29, 1.82) is 5.26 Å². The molecule has 1 aliphatic rings. The number of pyridine rings is 1. The van der Waals surface area contributed by atoms with Gasteiger partial charge in [-0.1, -0.05) is 0 Å². The minimum absolute atomic E-state index is 0.0657. The van der Waals surface area contributed by atoms with Crippen molar-refractivity contribution in [2.45, 2.75) is 38.7 Å². The fraction of sp³-hybridized carbons (Fsp3) is 0.308. The van der Waals surface area contributed by atoms with E-state index in [2.05, 4.69) is 26.3 Å². The van der Waals surface area contributed by atoms with Crippen LogP contribution in [0.2, 0.25) is 0 Å². The quantitative estimate of drug-likeness (QED) is 0.522. The lowest BCUT2D eigenvalue weighted by Gasteiger charge is -2.26. The number of fused-ring (bicyclic) bond motifs is 1. The van der Waals surface area contributed by atoms with E-state index in [9.17, 15) is 14.9 Å². The Morgan fingerprint density at radius 1 is 1.25 bits per heavy atom. The third-order valence-electron chi connectivity index (χ3n) is 5.64. The number of carbonyl (C=O) groups is 2. The van der Waals surface area contributed by atoms with Gasteiger partial charge in [0.15, 0.2) is 0 Å². The van der Waals surface area contributed by atoms with Crippen molar-refractivity contribution >= 4 is 29.7 Å². The molecule has 0 radical (unpaired) electrons. The Bertz CT molecular complexity index is 1380. The molecule has 4 rings (SSSR count). The number of hydrogen-bond donors (Lipinski definition) is 1. The number of rotatable bonds is 5. The second kappa shape index (κ2) is 9.26. The molecule has 0 spiro atoms. The van der Waals surface area contributed by atoms with Crippen LogP contribution >= 0.6 is 0 Å². The molecule has 0 saturated carbocycles. The van der Waals surface area contributed by atoms with Gasteiger partial charge in [-0.15, -0.1) is 0 Å². The van der Waals surface area contributed by atoms with Crippen LogP contribution in [0.25, 0.3) is 11.3 Å². The number of ether oxygens (including phenoxy) is 2. The SMILES string of the molecule is COc1ncccc1Nc1nccc(-c2cc(C#N)c3c(c2)C(C)(C=O)CN3C(=O)OC(C)(C)C)n1. The Balaban J connectivity index is 1.77. The predicted octanol–water partition coefficient (Wildman–Crippen LogP) is 4.37. The first-order chi connectivity index (χ1) is 17.1. The van der Waals surface area contributed by atoms with Crippen molar-refractivity contribution in [2.75, 3.05) is 23.9 Å². The van der Waals surface area contributed by atoms with E-state index in [0.717, 1.165) is 6.29 Å². The summed E-state index contributed by atoms with van der Waals surface area (Å²) in [5.74, 6) is 0.686. The number of carbonyl (C=O) groups excluding carboxylic acids is 2. The van der Waals surface area contributed by atoms with Gasteiger partial charge in [0.1, 0.15) is 23.6 Å². The molecule has 1 atom stereocenters. The van der Waals surface area contributed by atoms with Crippen LogP contribution in [0.1, 0.15) is 38.8 Å². The van der Waals surface area contributed by atoms with Gasteiger partial charge in [-0.25, -0.2) is 19.7 Å². The number of benzene rings is 1. The second-order valence-electron chi connectivity index (χ2n) is 9.58. The fourth-order valence-electron chi connectivity index (χ4n) is 4.01. The average molecular weight is 487 g/mol. The zero-order valence-corrected chi connectivity index (χ0v) is 20.7. The van der Waals surface area contributed by atoms with Crippen LogP contribution in [-0.2, 0) is 14.9 Å². The van der Waals surface area contributed by atoms with Crippen LogP contribution in [-0.4, -0.2) is 46.6 Å². The van der Waals surface area contributed by atoms with Gasteiger partial charge in [0, 0.05) is 24.5 Å². The molecule has 1 unspecified atom stereocenters. The number of hydrogen-bond acceptors (Lipinski definition) is 9. The highest BCUT2D eigenvalue weighted by Crippen LogP contribution is 2.44. The van der Waals surface area contributed by atoms with Crippen LogP contribution in [0.3, 0.4) is 0 Å². The molecule has 36 heavy (non-hydrogen) atoms. The molecule has 0 aliphatic carbocycles. The summed E-state index contributed by atoms with van der Waals surface area (Å²) >= 11 is 0. The highest BCUT2D eigenvalue weighted by molar-refractivity contribution is 5.98. The predicted molar refractivity (Wildman–Crippen MR) is 133 cm³/mol. The summed E-state index contributed by atoms with van der Waals surface area (Å²) < 4.78 is 10.8. The summed E-state index contributed by atoms with van der Waals surface area (Å²) in [6.07, 6.45) is 3.37. The van der Waals surface area contributed by atoms with Crippen LogP contribution in [0, 0.1) is 11.3 Å². The lowest BCUT2D eigenvalue weighted by atomic mass is 9.84. The van der Waals surface area contributed by atoms with Gasteiger partial charge in [-0.05, 0) is 63.6 Å². The molecule has 0 fully saturated rings. The van der Waals surface area contributed by atoms with Gasteiger partial charge in [0.05, 0.1) is 29.5 Å². The summed E-state index contributed by atoms with van der Waals surface area (Å²) in [6.45, 7) is 7.08. The van der Waals surface area contributed by atoms with Gasteiger partial charge in [-0.2, -0.15) is 5.26 Å². The highest BCUT2D eigenvalue weighted by atomic mass is 16.6. The summed E-state index contributed by atoms with van der Waals surface area (Å²) in [5, 5.41) is 13.1. The molecule has 0 bridgehead atoms. The topological polar surface area (TPSA) is 130 Å². The maximum absolute atomic E-state index is 13.0. The third-order valence-corrected chi connectivity index (χ3v) is 5.64. The minimum Gasteiger partial charge on any atom is -0.480 e. The Kier molecular flexibility index (Phi) is 6.33. The smallest absolute Gasteiger partial charge is 0.414 e. The average Bonchev–Trinajstić information content (AvgIpc) is 3.16. The monoisotopic (exact) mass is 486 g/mol. The number of amides is 1. The Labute approximate surface area is 208 Å². The molecule has 1 aliphatic heterocycles. The molecule has 1 amide bonds. The molecular weight excluding hydrogens is 460 g/mol. The molecule has 10 heteroatoms. The zero-order chi connectivity index (χ0) is 26.1. The lowest BCUT2D eigenvalue weighted by Crippen LogP contribution is -2.39. The van der Waals surface area contributed by atoms with Crippen LogP contribution in [0.5, 0.6) is 5.88 Å². The molecular formula is C26H26N6O4. The summed E-state index contributed by atoms with van der Waals surface area (Å²) in [4.78, 5) is 39.5. The summed E-state index contributed by atoms with van der Waals surface area (Å²) in [5.41, 5.74) is 1.13. The van der Waals surface area contributed by atoms with Crippen molar-refractivity contribution in [1.82, 2.24) is 15.0 Å². The van der Waals surface area contributed by atoms with E-state index in [1.54, 1.807) is 70.4 Å². The van der Waals surface area contributed by atoms with Crippen molar-refractivity contribution in [3.63, 3.8) is 0 Å². The van der Waals surface area contributed by atoms with Crippen LogP contribution < -0.4 is 15.0 Å². The van der Waals surface area contributed by atoms with Crippen molar-refractivity contribution in [2.24, 2.45) is 0 Å². The molecule has 3 heterocycles. The number of nitriles is 1. The number of aromatic nitrogens is 3. The van der Waals surface area contributed by atoms with Crippen molar-refractivity contribution in [3.05, 3.63) is 53.9 Å². The van der Waals surface area contributed by atoms with Crippen molar-refractivity contribution < 1.29 is 19.1 Å². The number of aldehydes is 1. The molecule has 10 nitrogen and oxygen atoms in total. The van der Waals surface area contributed by atoms with E-state index >= 15 is 0 Å². The van der Waals surface area contributed by atoms with E-state index in [-0.39, 0.29) is 12.1 Å². The van der Waals surface area contributed by atoms with Gasteiger partial charge in [0.2, 0.25) is 11.8 Å². The van der Waals surface area contributed by atoms with E-state index in [0.29, 0.717) is 40.0 Å². The molecule has 3 aromatic rings. The van der Waals surface area contributed by atoms with Gasteiger partial charge >= 0.3 is 6.09 Å². The fourth-order valence-corrected chi connectivity index (χ4v) is 4.01. The zero-order valence-electron chi connectivity index (χ0n) is 20.7. The third kappa shape index (κ3) is 4.68. The van der Waals surface area contributed by atoms with Crippen LogP contribution in [0.4, 0.5) is 22.1 Å². The van der Waals surface area contributed by atoms with E-state index in [1.165, 1.54) is 12.0 Å². The molecule has 1 N–H and O–H groups in total. The van der Waals surface area contributed by atoms with Crippen LogP contribution in [0.15, 0.2) is 42.7 Å². The number of nitrogens with one attached hydrogen (secondary N) is 1. The van der Waals surface area contributed by atoms with E-state index < -0.39 is 17.1 Å². The maximum atomic E-state index is 13.0. The number of anilines is 3. The Morgan fingerprint density at radius 2 is 2.03 bits per heavy atom. The summed E-state index contributed by atoms with van der Waals surface area (Å²) in [6, 6.07) is 10.8. The second-order valence-corrected chi connectivity index (χ2v) is 9.58. The highest BCUT2D eigenvalue weighted by Gasteiger charge is 2.44. The summed E-state index contributed by atoms with van der Waals surface area (Å²) in [7, 11) is 1.52. The van der Waals surface area contributed by atoms with E-state index in [1.807, 2.05) is 0 Å². The van der Waals surface area contributed by atoms with Gasteiger partial charge in [-0.3, -0.25) is 4.90 Å². The minimum atomic E-state index is -1.02. The number of nitrogens with zero attached hydrogens (tertiary/aromatic N) is 5.